The molecule has 1 aliphatic rings. The Bertz CT molecular complexity index is 748. The Hall–Kier alpha value is -1.94. The number of nitrogens with zero attached hydrogens (tertiary/aromatic N) is 1. The molecule has 3 rings (SSSR count). The maximum absolute atomic E-state index is 12.7. The second-order valence-corrected chi connectivity index (χ2v) is 7.53. The van der Waals surface area contributed by atoms with Gasteiger partial charge in [-0.2, -0.15) is 0 Å². The SMILES string of the molecule is CCc1ccc(C(=O)CCC(=O)N2CCc3sccc3C2CC)cc1. The summed E-state index contributed by atoms with van der Waals surface area (Å²) >= 11 is 1.78. The molecule has 0 fully saturated rings. The zero-order valence-corrected chi connectivity index (χ0v) is 15.8. The quantitative estimate of drug-likeness (QED) is 0.697. The maximum atomic E-state index is 12.7. The summed E-state index contributed by atoms with van der Waals surface area (Å²) in [5.41, 5.74) is 3.22. The van der Waals surface area contributed by atoms with Gasteiger partial charge in [-0.05, 0) is 41.8 Å². The van der Waals surface area contributed by atoms with E-state index < -0.39 is 0 Å². The molecule has 1 amide bonds. The summed E-state index contributed by atoms with van der Waals surface area (Å²) in [6.07, 6.45) is 3.40. The minimum atomic E-state index is 0.0530. The fourth-order valence-electron chi connectivity index (χ4n) is 3.57. The number of hydrogen-bond acceptors (Lipinski definition) is 3. The summed E-state index contributed by atoms with van der Waals surface area (Å²) in [6.45, 7) is 4.99. The third-order valence-electron chi connectivity index (χ3n) is 5.05. The second kappa shape index (κ2) is 7.96. The van der Waals surface area contributed by atoms with E-state index in [4.69, 9.17) is 0 Å². The van der Waals surface area contributed by atoms with Crippen molar-refractivity contribution in [1.29, 1.82) is 0 Å². The van der Waals surface area contributed by atoms with Crippen molar-refractivity contribution in [3.63, 3.8) is 0 Å². The fraction of sp³-hybridized carbons (Fsp3) is 0.429. The van der Waals surface area contributed by atoms with E-state index in [1.54, 1.807) is 11.3 Å². The van der Waals surface area contributed by atoms with Crippen LogP contribution in [0.25, 0.3) is 0 Å². The van der Waals surface area contributed by atoms with Crippen LogP contribution < -0.4 is 0 Å². The molecule has 1 aromatic heterocycles. The van der Waals surface area contributed by atoms with Gasteiger partial charge in [0.15, 0.2) is 5.78 Å². The topological polar surface area (TPSA) is 37.4 Å². The Labute approximate surface area is 153 Å². The van der Waals surface area contributed by atoms with Gasteiger partial charge in [0.1, 0.15) is 0 Å². The van der Waals surface area contributed by atoms with E-state index in [2.05, 4.69) is 25.3 Å². The number of ketones is 1. The molecule has 132 valence electrons. The van der Waals surface area contributed by atoms with Crippen LogP contribution in [0.4, 0.5) is 0 Å². The first kappa shape index (κ1) is 17.9. The van der Waals surface area contributed by atoms with Crippen LogP contribution in [0.1, 0.15) is 65.5 Å². The van der Waals surface area contributed by atoms with Gasteiger partial charge in [-0.3, -0.25) is 9.59 Å². The number of hydrogen-bond donors (Lipinski definition) is 0. The predicted octanol–water partition coefficient (Wildman–Crippen LogP) is 4.81. The van der Waals surface area contributed by atoms with Gasteiger partial charge in [0.05, 0.1) is 6.04 Å². The van der Waals surface area contributed by atoms with Crippen molar-refractivity contribution < 1.29 is 9.59 Å². The van der Waals surface area contributed by atoms with E-state index in [-0.39, 0.29) is 24.2 Å². The molecule has 3 nitrogen and oxygen atoms in total. The zero-order valence-electron chi connectivity index (χ0n) is 15.0. The molecular weight excluding hydrogens is 330 g/mol. The number of Topliss-reactive ketones (excluding diaryl/α,β-unsaturated/α-hetero) is 1. The number of fused-ring (bicyclic) bond motifs is 1. The van der Waals surface area contributed by atoms with Crippen molar-refractivity contribution in [2.75, 3.05) is 6.54 Å². The van der Waals surface area contributed by atoms with Crippen molar-refractivity contribution in [1.82, 2.24) is 4.90 Å². The lowest BCUT2D eigenvalue weighted by Crippen LogP contribution is -2.39. The molecule has 2 aromatic rings. The van der Waals surface area contributed by atoms with Crippen LogP contribution in [0.3, 0.4) is 0 Å². The molecule has 0 spiro atoms. The summed E-state index contributed by atoms with van der Waals surface area (Å²) in [5, 5.41) is 2.12. The van der Waals surface area contributed by atoms with Crippen LogP contribution in [0.15, 0.2) is 35.7 Å². The van der Waals surface area contributed by atoms with E-state index in [0.717, 1.165) is 25.8 Å². The summed E-state index contributed by atoms with van der Waals surface area (Å²) in [4.78, 5) is 28.5. The van der Waals surface area contributed by atoms with E-state index in [0.29, 0.717) is 12.0 Å². The first-order valence-corrected chi connectivity index (χ1v) is 9.99. The van der Waals surface area contributed by atoms with Crippen LogP contribution in [-0.2, 0) is 17.6 Å². The normalized spacial score (nSPS) is 16.6. The van der Waals surface area contributed by atoms with Gasteiger partial charge in [-0.15, -0.1) is 11.3 Å². The summed E-state index contributed by atoms with van der Waals surface area (Å²) in [5.74, 6) is 0.152. The Balaban J connectivity index is 1.61. The minimum Gasteiger partial charge on any atom is -0.335 e. The Kier molecular flexibility index (Phi) is 5.69. The fourth-order valence-corrected chi connectivity index (χ4v) is 4.50. The van der Waals surface area contributed by atoms with Crippen LogP contribution in [0, 0.1) is 0 Å². The molecule has 1 aliphatic heterocycles. The highest BCUT2D eigenvalue weighted by molar-refractivity contribution is 7.10. The number of carbonyl (C=O) groups is 2. The summed E-state index contributed by atoms with van der Waals surface area (Å²) in [7, 11) is 0. The molecule has 1 unspecified atom stereocenters. The summed E-state index contributed by atoms with van der Waals surface area (Å²) in [6, 6.07) is 10.0. The monoisotopic (exact) mass is 355 g/mol. The number of benzene rings is 1. The zero-order chi connectivity index (χ0) is 17.8. The van der Waals surface area contributed by atoms with Crippen LogP contribution in [-0.4, -0.2) is 23.1 Å². The van der Waals surface area contributed by atoms with Crippen molar-refractivity contribution in [3.05, 3.63) is 57.3 Å². The molecule has 25 heavy (non-hydrogen) atoms. The maximum Gasteiger partial charge on any atom is 0.223 e. The van der Waals surface area contributed by atoms with Gasteiger partial charge < -0.3 is 4.90 Å². The molecule has 1 aromatic carbocycles. The third kappa shape index (κ3) is 3.84. The molecular formula is C21H25NO2S. The van der Waals surface area contributed by atoms with Crippen LogP contribution in [0.5, 0.6) is 0 Å². The van der Waals surface area contributed by atoms with Crippen molar-refractivity contribution in [2.45, 2.75) is 52.0 Å². The first-order valence-electron chi connectivity index (χ1n) is 9.11. The largest absolute Gasteiger partial charge is 0.335 e. The Morgan fingerprint density at radius 3 is 2.56 bits per heavy atom. The smallest absolute Gasteiger partial charge is 0.223 e. The molecule has 0 saturated carbocycles. The molecule has 0 aliphatic carbocycles. The van der Waals surface area contributed by atoms with E-state index in [1.165, 1.54) is 16.0 Å². The standard InChI is InChI=1S/C21H25NO2S/c1-3-15-5-7-16(8-6-15)19(23)9-10-21(24)22-13-11-20-17(12-14-25-20)18(22)4-2/h5-8,12,14,18H,3-4,9-11,13H2,1-2H3. The van der Waals surface area contributed by atoms with E-state index in [1.807, 2.05) is 29.2 Å². The van der Waals surface area contributed by atoms with Crippen molar-refractivity contribution in [2.24, 2.45) is 0 Å². The highest BCUT2D eigenvalue weighted by atomic mass is 32.1. The minimum absolute atomic E-state index is 0.0530. The Morgan fingerprint density at radius 1 is 1.12 bits per heavy atom. The highest BCUT2D eigenvalue weighted by Gasteiger charge is 2.30. The molecule has 0 saturated heterocycles. The highest BCUT2D eigenvalue weighted by Crippen LogP contribution is 2.35. The van der Waals surface area contributed by atoms with Gasteiger partial charge in [-0.25, -0.2) is 0 Å². The Morgan fingerprint density at radius 2 is 1.88 bits per heavy atom. The van der Waals surface area contributed by atoms with E-state index in [9.17, 15) is 9.59 Å². The number of thiophene rings is 1. The second-order valence-electron chi connectivity index (χ2n) is 6.53. The van der Waals surface area contributed by atoms with Gasteiger partial charge in [-0.1, -0.05) is 38.1 Å². The molecule has 4 heteroatoms. The number of aryl methyl sites for hydroxylation is 1. The van der Waals surface area contributed by atoms with Crippen LogP contribution >= 0.6 is 11.3 Å². The van der Waals surface area contributed by atoms with Gasteiger partial charge >= 0.3 is 0 Å². The number of carbonyl (C=O) groups excluding carboxylic acids is 2. The number of rotatable bonds is 6. The van der Waals surface area contributed by atoms with Gasteiger partial charge in [0, 0.05) is 29.8 Å². The lowest BCUT2D eigenvalue weighted by molar-refractivity contribution is -0.134. The first-order chi connectivity index (χ1) is 12.1. The molecule has 0 bridgehead atoms. The van der Waals surface area contributed by atoms with Crippen molar-refractivity contribution >= 4 is 23.0 Å². The molecule has 1 atom stereocenters. The summed E-state index contributed by atoms with van der Waals surface area (Å²) < 4.78 is 0. The molecule has 0 N–H and O–H groups in total. The lowest BCUT2D eigenvalue weighted by Gasteiger charge is -2.35. The van der Waals surface area contributed by atoms with Crippen LogP contribution in [0.2, 0.25) is 0 Å². The average molecular weight is 356 g/mol. The van der Waals surface area contributed by atoms with E-state index >= 15 is 0 Å². The molecule has 0 radical (unpaired) electrons. The predicted molar refractivity (Wildman–Crippen MR) is 102 cm³/mol. The van der Waals surface area contributed by atoms with Gasteiger partial charge in [0.2, 0.25) is 5.91 Å². The van der Waals surface area contributed by atoms with Gasteiger partial charge in [0.25, 0.3) is 0 Å². The lowest BCUT2D eigenvalue weighted by atomic mass is 9.96. The van der Waals surface area contributed by atoms with Crippen molar-refractivity contribution in [3.8, 4) is 0 Å². The number of amides is 1. The third-order valence-corrected chi connectivity index (χ3v) is 6.05. The molecule has 2 heterocycles. The average Bonchev–Trinajstić information content (AvgIpc) is 3.13.